The second-order valence-corrected chi connectivity index (χ2v) is 5.06. The average Bonchev–Trinajstić information content (AvgIpc) is 2.46. The highest BCUT2D eigenvalue weighted by molar-refractivity contribution is 9.10. The first-order chi connectivity index (χ1) is 9.74. The van der Waals surface area contributed by atoms with Crippen molar-refractivity contribution in [2.75, 3.05) is 6.54 Å². The smallest absolute Gasteiger partial charge is 0.244 e. The molecule has 4 heteroatoms. The minimum Gasteiger partial charge on any atom is -0.352 e. The van der Waals surface area contributed by atoms with E-state index < -0.39 is 0 Å². The van der Waals surface area contributed by atoms with E-state index in [1.54, 1.807) is 6.08 Å². The number of pyridine rings is 1. The fourth-order valence-corrected chi connectivity index (χ4v) is 2.07. The van der Waals surface area contributed by atoms with Gasteiger partial charge in [0.2, 0.25) is 5.91 Å². The van der Waals surface area contributed by atoms with Crippen LogP contribution in [-0.2, 0) is 11.2 Å². The lowest BCUT2D eigenvalue weighted by Crippen LogP contribution is -2.23. The molecule has 0 unspecified atom stereocenters. The van der Waals surface area contributed by atoms with Crippen LogP contribution in [0.3, 0.4) is 0 Å². The van der Waals surface area contributed by atoms with Crippen molar-refractivity contribution in [1.82, 2.24) is 10.3 Å². The van der Waals surface area contributed by atoms with Crippen LogP contribution in [0.25, 0.3) is 6.08 Å². The summed E-state index contributed by atoms with van der Waals surface area (Å²) >= 11 is 3.29. The average molecular weight is 331 g/mol. The van der Waals surface area contributed by atoms with Crippen molar-refractivity contribution in [2.45, 2.75) is 6.42 Å². The maximum Gasteiger partial charge on any atom is 0.244 e. The van der Waals surface area contributed by atoms with E-state index in [1.807, 2.05) is 48.5 Å². The number of nitrogens with zero attached hydrogens (tertiary/aromatic N) is 1. The fraction of sp³-hybridized carbons (Fsp3) is 0.125. The van der Waals surface area contributed by atoms with Crippen molar-refractivity contribution in [3.8, 4) is 0 Å². The molecule has 0 radical (unpaired) electrons. The summed E-state index contributed by atoms with van der Waals surface area (Å²) < 4.78 is 0.754. The standard InChI is InChI=1S/C16H15BrN2O/c17-15-8-4-7-14(19-15)9-10-16(20)18-12-11-13-5-2-1-3-6-13/h1-10H,11-12H2,(H,18,20)/b10-9+. The number of carbonyl (C=O) groups is 1. The Balaban J connectivity index is 1.78. The Bertz CT molecular complexity index is 596. The Labute approximate surface area is 126 Å². The zero-order valence-corrected chi connectivity index (χ0v) is 12.5. The summed E-state index contributed by atoms with van der Waals surface area (Å²) in [5.74, 6) is -0.109. The van der Waals surface area contributed by atoms with Crippen LogP contribution in [0.2, 0.25) is 0 Å². The molecule has 102 valence electrons. The van der Waals surface area contributed by atoms with Crippen LogP contribution in [0, 0.1) is 0 Å². The maximum absolute atomic E-state index is 11.7. The summed E-state index contributed by atoms with van der Waals surface area (Å²) in [6.07, 6.45) is 4.03. The lowest BCUT2D eigenvalue weighted by Gasteiger charge is -2.02. The van der Waals surface area contributed by atoms with Crippen LogP contribution in [0.4, 0.5) is 0 Å². The Hall–Kier alpha value is -1.94. The first-order valence-electron chi connectivity index (χ1n) is 6.36. The van der Waals surface area contributed by atoms with Crippen molar-refractivity contribution in [3.05, 3.63) is 70.5 Å². The molecule has 0 bridgehead atoms. The minimum absolute atomic E-state index is 0.109. The largest absolute Gasteiger partial charge is 0.352 e. The monoisotopic (exact) mass is 330 g/mol. The predicted octanol–water partition coefficient (Wildman–Crippen LogP) is 3.22. The summed E-state index contributed by atoms with van der Waals surface area (Å²) in [4.78, 5) is 15.9. The molecule has 1 aromatic heterocycles. The number of rotatable bonds is 5. The van der Waals surface area contributed by atoms with E-state index in [1.165, 1.54) is 11.6 Å². The molecular formula is C16H15BrN2O. The topological polar surface area (TPSA) is 42.0 Å². The summed E-state index contributed by atoms with van der Waals surface area (Å²) in [5.41, 5.74) is 1.96. The molecule has 0 atom stereocenters. The van der Waals surface area contributed by atoms with Gasteiger partial charge in [0, 0.05) is 12.6 Å². The number of benzene rings is 1. The Morgan fingerprint density at radius 3 is 2.70 bits per heavy atom. The fourth-order valence-electron chi connectivity index (χ4n) is 1.71. The number of hydrogen-bond donors (Lipinski definition) is 1. The third-order valence-corrected chi connectivity index (χ3v) is 3.14. The molecule has 1 N–H and O–H groups in total. The first-order valence-corrected chi connectivity index (χ1v) is 7.16. The zero-order valence-electron chi connectivity index (χ0n) is 10.9. The molecule has 2 aromatic rings. The molecular weight excluding hydrogens is 316 g/mol. The number of amides is 1. The van der Waals surface area contributed by atoms with Crippen LogP contribution < -0.4 is 5.32 Å². The number of halogens is 1. The van der Waals surface area contributed by atoms with E-state index >= 15 is 0 Å². The van der Waals surface area contributed by atoms with Crippen LogP contribution in [0.5, 0.6) is 0 Å². The van der Waals surface area contributed by atoms with Crippen molar-refractivity contribution in [3.63, 3.8) is 0 Å². The number of carbonyl (C=O) groups excluding carboxylic acids is 1. The first kappa shape index (κ1) is 14.5. The van der Waals surface area contributed by atoms with Gasteiger partial charge in [-0.2, -0.15) is 0 Å². The van der Waals surface area contributed by atoms with E-state index in [4.69, 9.17) is 0 Å². The van der Waals surface area contributed by atoms with Gasteiger partial charge in [0.25, 0.3) is 0 Å². The number of hydrogen-bond acceptors (Lipinski definition) is 2. The Morgan fingerprint density at radius 1 is 1.15 bits per heavy atom. The molecule has 0 saturated carbocycles. The van der Waals surface area contributed by atoms with Crippen LogP contribution in [0.1, 0.15) is 11.3 Å². The van der Waals surface area contributed by atoms with Gasteiger partial charge in [-0.25, -0.2) is 4.98 Å². The summed E-state index contributed by atoms with van der Waals surface area (Å²) in [6, 6.07) is 15.6. The van der Waals surface area contributed by atoms with Gasteiger partial charge >= 0.3 is 0 Å². The Kier molecular flexibility index (Phi) is 5.50. The highest BCUT2D eigenvalue weighted by atomic mass is 79.9. The third kappa shape index (κ3) is 4.97. The third-order valence-electron chi connectivity index (χ3n) is 2.70. The Morgan fingerprint density at radius 2 is 1.95 bits per heavy atom. The van der Waals surface area contributed by atoms with Crippen molar-refractivity contribution in [2.24, 2.45) is 0 Å². The van der Waals surface area contributed by atoms with Crippen LogP contribution in [-0.4, -0.2) is 17.4 Å². The summed E-state index contributed by atoms with van der Waals surface area (Å²) in [7, 11) is 0. The van der Waals surface area contributed by atoms with Gasteiger partial charge in [-0.15, -0.1) is 0 Å². The van der Waals surface area contributed by atoms with E-state index in [0.29, 0.717) is 6.54 Å². The molecule has 0 fully saturated rings. The van der Waals surface area contributed by atoms with Crippen molar-refractivity contribution >= 4 is 27.9 Å². The molecule has 3 nitrogen and oxygen atoms in total. The van der Waals surface area contributed by atoms with Crippen molar-refractivity contribution in [1.29, 1.82) is 0 Å². The van der Waals surface area contributed by atoms with Gasteiger partial charge in [0.1, 0.15) is 4.60 Å². The second kappa shape index (κ2) is 7.60. The molecule has 0 aliphatic rings. The molecule has 2 rings (SSSR count). The number of aromatic nitrogens is 1. The van der Waals surface area contributed by atoms with Gasteiger partial charge in [-0.3, -0.25) is 4.79 Å². The maximum atomic E-state index is 11.7. The molecule has 1 amide bonds. The van der Waals surface area contributed by atoms with Gasteiger partial charge in [-0.05, 0) is 46.1 Å². The van der Waals surface area contributed by atoms with Crippen molar-refractivity contribution < 1.29 is 4.79 Å². The van der Waals surface area contributed by atoms with Crippen LogP contribution in [0.15, 0.2) is 59.2 Å². The minimum atomic E-state index is -0.109. The lowest BCUT2D eigenvalue weighted by atomic mass is 10.1. The van der Waals surface area contributed by atoms with E-state index in [9.17, 15) is 4.79 Å². The highest BCUT2D eigenvalue weighted by Gasteiger charge is 1.97. The van der Waals surface area contributed by atoms with E-state index in [2.05, 4.69) is 26.2 Å². The predicted molar refractivity (Wildman–Crippen MR) is 84.1 cm³/mol. The van der Waals surface area contributed by atoms with Gasteiger partial charge < -0.3 is 5.32 Å². The second-order valence-electron chi connectivity index (χ2n) is 4.25. The normalized spacial score (nSPS) is 10.7. The van der Waals surface area contributed by atoms with E-state index in [-0.39, 0.29) is 5.91 Å². The lowest BCUT2D eigenvalue weighted by molar-refractivity contribution is -0.116. The molecule has 1 aromatic carbocycles. The highest BCUT2D eigenvalue weighted by Crippen LogP contribution is 2.07. The summed E-state index contributed by atoms with van der Waals surface area (Å²) in [6.45, 7) is 0.624. The molecule has 0 saturated heterocycles. The van der Waals surface area contributed by atoms with E-state index in [0.717, 1.165) is 16.7 Å². The quantitative estimate of drug-likeness (QED) is 0.675. The van der Waals surface area contributed by atoms with Crippen LogP contribution >= 0.6 is 15.9 Å². The molecule has 0 aliphatic carbocycles. The summed E-state index contributed by atoms with van der Waals surface area (Å²) in [5, 5.41) is 2.85. The zero-order chi connectivity index (χ0) is 14.2. The van der Waals surface area contributed by atoms with Gasteiger partial charge in [0.15, 0.2) is 0 Å². The number of nitrogens with one attached hydrogen (secondary N) is 1. The SMILES string of the molecule is O=C(/C=C/c1cccc(Br)n1)NCCc1ccccc1. The molecule has 0 aliphatic heterocycles. The van der Waals surface area contributed by atoms with Gasteiger partial charge in [-0.1, -0.05) is 36.4 Å². The molecule has 20 heavy (non-hydrogen) atoms. The molecule has 1 heterocycles. The molecule has 0 spiro atoms. The van der Waals surface area contributed by atoms with Gasteiger partial charge in [0.05, 0.1) is 5.69 Å².